The Kier molecular flexibility index (Phi) is 5.19. The molecule has 106 valence electrons. The average molecular weight is 275 g/mol. The molecule has 7 heteroatoms. The molecule has 0 aliphatic rings. The number of hydrogen-bond donors (Lipinski definition) is 1. The lowest BCUT2D eigenvalue weighted by Crippen LogP contribution is -2.30. The van der Waals surface area contributed by atoms with Gasteiger partial charge in [0.2, 0.25) is 5.91 Å². The number of amides is 1. The number of nitrogens with one attached hydrogen (secondary N) is 1. The number of aromatic nitrogens is 4. The molecule has 2 aromatic heterocycles. The summed E-state index contributed by atoms with van der Waals surface area (Å²) in [6.07, 6.45) is 6.76. The van der Waals surface area contributed by atoms with Crippen molar-refractivity contribution in [3.8, 4) is 11.4 Å². The van der Waals surface area contributed by atoms with Crippen LogP contribution in [-0.4, -0.2) is 45.4 Å². The van der Waals surface area contributed by atoms with E-state index in [-0.39, 0.29) is 12.5 Å². The zero-order valence-corrected chi connectivity index (χ0v) is 11.3. The van der Waals surface area contributed by atoms with E-state index < -0.39 is 0 Å². The molecule has 0 spiro atoms. The second-order valence-corrected chi connectivity index (χ2v) is 4.04. The van der Waals surface area contributed by atoms with E-state index in [1.807, 2.05) is 19.2 Å². The predicted molar refractivity (Wildman–Crippen MR) is 72.8 cm³/mol. The average Bonchev–Trinajstić information content (AvgIpc) is 2.95. The fourth-order valence-electron chi connectivity index (χ4n) is 1.61. The molecule has 0 atom stereocenters. The third kappa shape index (κ3) is 4.13. The summed E-state index contributed by atoms with van der Waals surface area (Å²) in [6.45, 7) is 3.59. The lowest BCUT2D eigenvalue weighted by Gasteiger charge is -2.05. The summed E-state index contributed by atoms with van der Waals surface area (Å²) >= 11 is 0. The second-order valence-electron chi connectivity index (χ2n) is 4.04. The van der Waals surface area contributed by atoms with Gasteiger partial charge in [-0.1, -0.05) is 0 Å². The molecule has 0 radical (unpaired) electrons. The van der Waals surface area contributed by atoms with Crippen LogP contribution in [0.5, 0.6) is 0 Å². The molecule has 0 fully saturated rings. The van der Waals surface area contributed by atoms with Crippen LogP contribution in [0.4, 0.5) is 0 Å². The number of hydrogen-bond acceptors (Lipinski definition) is 5. The first-order chi connectivity index (χ1) is 9.79. The second kappa shape index (κ2) is 7.34. The summed E-state index contributed by atoms with van der Waals surface area (Å²) in [4.78, 5) is 19.5. The van der Waals surface area contributed by atoms with Crippen molar-refractivity contribution in [2.75, 3.05) is 19.8 Å². The van der Waals surface area contributed by atoms with Gasteiger partial charge < -0.3 is 10.1 Å². The molecule has 1 N–H and O–H groups in total. The topological polar surface area (TPSA) is 81.9 Å². The Morgan fingerprint density at radius 1 is 1.40 bits per heavy atom. The highest BCUT2D eigenvalue weighted by atomic mass is 16.5. The summed E-state index contributed by atoms with van der Waals surface area (Å²) < 4.78 is 6.77. The smallest absolute Gasteiger partial charge is 0.246 e. The van der Waals surface area contributed by atoms with E-state index in [9.17, 15) is 4.79 Å². The summed E-state index contributed by atoms with van der Waals surface area (Å²) in [7, 11) is 0. The molecular weight excluding hydrogens is 258 g/mol. The molecule has 2 heterocycles. The standard InChI is InChI=1S/C13H17N5O2/c1-2-20-10-13(19)16-6-8-18-7-3-11(17-18)12-9-14-4-5-15-12/h3-5,7,9H,2,6,8,10H2,1H3,(H,16,19). The maximum Gasteiger partial charge on any atom is 0.246 e. The molecule has 1 amide bonds. The van der Waals surface area contributed by atoms with Gasteiger partial charge in [0.05, 0.1) is 12.7 Å². The van der Waals surface area contributed by atoms with Gasteiger partial charge in [0.25, 0.3) is 0 Å². The van der Waals surface area contributed by atoms with Gasteiger partial charge in [0.15, 0.2) is 0 Å². The van der Waals surface area contributed by atoms with Crippen molar-refractivity contribution in [1.82, 2.24) is 25.1 Å². The fourth-order valence-corrected chi connectivity index (χ4v) is 1.61. The highest BCUT2D eigenvalue weighted by Gasteiger charge is 2.04. The van der Waals surface area contributed by atoms with Crippen LogP contribution in [0.2, 0.25) is 0 Å². The van der Waals surface area contributed by atoms with Crippen molar-refractivity contribution < 1.29 is 9.53 Å². The van der Waals surface area contributed by atoms with Crippen LogP contribution in [-0.2, 0) is 16.1 Å². The summed E-state index contributed by atoms with van der Waals surface area (Å²) in [5, 5.41) is 7.13. The number of rotatable bonds is 7. The van der Waals surface area contributed by atoms with Crippen molar-refractivity contribution in [2.24, 2.45) is 0 Å². The van der Waals surface area contributed by atoms with Crippen LogP contribution in [0, 0.1) is 0 Å². The van der Waals surface area contributed by atoms with Crippen LogP contribution in [0.25, 0.3) is 11.4 Å². The third-order valence-electron chi connectivity index (χ3n) is 2.57. The number of ether oxygens (including phenoxy) is 1. The summed E-state index contributed by atoms with van der Waals surface area (Å²) in [6, 6.07) is 1.87. The Labute approximate surface area is 117 Å². The van der Waals surface area contributed by atoms with Crippen molar-refractivity contribution in [1.29, 1.82) is 0 Å². The van der Waals surface area contributed by atoms with Crippen molar-refractivity contribution in [3.63, 3.8) is 0 Å². The molecule has 0 aliphatic heterocycles. The van der Waals surface area contributed by atoms with Crippen molar-refractivity contribution >= 4 is 5.91 Å². The van der Waals surface area contributed by atoms with Crippen LogP contribution in [0.1, 0.15) is 6.92 Å². The maximum atomic E-state index is 11.3. The molecule has 0 unspecified atom stereocenters. The number of carbonyl (C=O) groups excluding carboxylic acids is 1. The van der Waals surface area contributed by atoms with E-state index in [1.165, 1.54) is 0 Å². The van der Waals surface area contributed by atoms with Gasteiger partial charge in [-0.2, -0.15) is 5.10 Å². The van der Waals surface area contributed by atoms with Gasteiger partial charge >= 0.3 is 0 Å². The lowest BCUT2D eigenvalue weighted by molar-refractivity contribution is -0.125. The van der Waals surface area contributed by atoms with Gasteiger partial charge in [-0.25, -0.2) is 0 Å². The molecular formula is C13H17N5O2. The Bertz CT molecular complexity index is 541. The molecule has 2 rings (SSSR count). The maximum absolute atomic E-state index is 11.3. The summed E-state index contributed by atoms with van der Waals surface area (Å²) in [5.74, 6) is -0.117. The molecule has 0 aliphatic carbocycles. The van der Waals surface area contributed by atoms with Crippen LogP contribution >= 0.6 is 0 Å². The van der Waals surface area contributed by atoms with Gasteiger partial charge in [-0.05, 0) is 13.0 Å². The Balaban J connectivity index is 1.80. The first-order valence-corrected chi connectivity index (χ1v) is 6.44. The molecule has 0 bridgehead atoms. The predicted octanol–water partition coefficient (Wildman–Crippen LogP) is 0.493. The molecule has 0 saturated carbocycles. The van der Waals surface area contributed by atoms with Gasteiger partial charge in [0, 0.05) is 31.7 Å². The van der Waals surface area contributed by atoms with E-state index in [0.717, 1.165) is 11.4 Å². The van der Waals surface area contributed by atoms with Crippen molar-refractivity contribution in [2.45, 2.75) is 13.5 Å². The third-order valence-corrected chi connectivity index (χ3v) is 2.57. The van der Waals surface area contributed by atoms with Crippen molar-refractivity contribution in [3.05, 3.63) is 30.9 Å². The molecule has 2 aromatic rings. The first kappa shape index (κ1) is 14.1. The van der Waals surface area contributed by atoms with E-state index in [4.69, 9.17) is 4.74 Å². The van der Waals surface area contributed by atoms with Gasteiger partial charge in [0.1, 0.15) is 18.0 Å². The zero-order chi connectivity index (χ0) is 14.2. The Morgan fingerprint density at radius 2 is 2.30 bits per heavy atom. The van der Waals surface area contributed by atoms with Crippen LogP contribution in [0.15, 0.2) is 30.9 Å². The van der Waals surface area contributed by atoms with E-state index in [0.29, 0.717) is 19.7 Å². The van der Waals surface area contributed by atoms with E-state index in [2.05, 4.69) is 20.4 Å². The Morgan fingerprint density at radius 3 is 3.05 bits per heavy atom. The Hall–Kier alpha value is -2.28. The first-order valence-electron chi connectivity index (χ1n) is 6.44. The SMILES string of the molecule is CCOCC(=O)NCCn1ccc(-c2cnccn2)n1. The summed E-state index contributed by atoms with van der Waals surface area (Å²) in [5.41, 5.74) is 1.49. The van der Waals surface area contributed by atoms with Gasteiger partial charge in [-0.3, -0.25) is 19.4 Å². The lowest BCUT2D eigenvalue weighted by atomic mass is 10.3. The van der Waals surface area contributed by atoms with E-state index >= 15 is 0 Å². The molecule has 0 aromatic carbocycles. The largest absolute Gasteiger partial charge is 0.372 e. The molecule has 7 nitrogen and oxygen atoms in total. The van der Waals surface area contributed by atoms with Gasteiger partial charge in [-0.15, -0.1) is 0 Å². The number of carbonyl (C=O) groups is 1. The van der Waals surface area contributed by atoms with Crippen LogP contribution < -0.4 is 5.32 Å². The normalized spacial score (nSPS) is 10.4. The highest BCUT2D eigenvalue weighted by molar-refractivity contribution is 5.77. The molecule has 0 saturated heterocycles. The minimum Gasteiger partial charge on any atom is -0.372 e. The molecule has 20 heavy (non-hydrogen) atoms. The monoisotopic (exact) mass is 275 g/mol. The quantitative estimate of drug-likeness (QED) is 0.795. The fraction of sp³-hybridized carbons (Fsp3) is 0.385. The highest BCUT2D eigenvalue weighted by Crippen LogP contribution is 2.11. The van der Waals surface area contributed by atoms with E-state index in [1.54, 1.807) is 23.3 Å². The zero-order valence-electron chi connectivity index (χ0n) is 11.3. The van der Waals surface area contributed by atoms with Crippen LogP contribution in [0.3, 0.4) is 0 Å². The minimum atomic E-state index is -0.117. The number of nitrogens with zero attached hydrogens (tertiary/aromatic N) is 4. The minimum absolute atomic E-state index is 0.0977.